The average molecular weight is 418 g/mol. The number of rotatable bonds is 6. The maximum atomic E-state index is 12.9. The van der Waals surface area contributed by atoms with E-state index in [1.165, 1.54) is 18.4 Å². The Morgan fingerprint density at radius 3 is 2.40 bits per heavy atom. The summed E-state index contributed by atoms with van der Waals surface area (Å²) >= 11 is 0. The molecule has 1 N–H and O–H groups in total. The number of nitrogens with zero attached hydrogens (tertiary/aromatic N) is 2. The molecule has 0 aromatic heterocycles. The molecule has 1 aromatic carbocycles. The lowest BCUT2D eigenvalue weighted by Gasteiger charge is -2.36. The van der Waals surface area contributed by atoms with Gasteiger partial charge in [0.15, 0.2) is 0 Å². The quantitative estimate of drug-likeness (QED) is 0.756. The number of nitrogens with one attached hydrogen (secondary N) is 1. The highest BCUT2D eigenvalue weighted by Gasteiger charge is 2.38. The molecule has 1 aromatic rings. The second-order valence-electron chi connectivity index (χ2n) is 9.79. The van der Waals surface area contributed by atoms with E-state index < -0.39 is 5.60 Å². The van der Waals surface area contributed by atoms with Crippen molar-refractivity contribution in [2.24, 2.45) is 5.92 Å². The summed E-state index contributed by atoms with van der Waals surface area (Å²) in [5.74, 6) is 1.53. The van der Waals surface area contributed by atoms with Gasteiger partial charge in [-0.15, -0.1) is 0 Å². The van der Waals surface area contributed by atoms with Crippen molar-refractivity contribution in [2.75, 3.05) is 40.3 Å². The van der Waals surface area contributed by atoms with Crippen molar-refractivity contribution in [3.63, 3.8) is 0 Å². The Hall–Kier alpha value is -1.79. The summed E-state index contributed by atoms with van der Waals surface area (Å²) in [6.07, 6.45) is 4.23. The number of amides is 1. The number of carbonyl (C=O) groups excluding carboxylic acids is 1. The second kappa shape index (κ2) is 10.0. The predicted molar refractivity (Wildman–Crippen MR) is 120 cm³/mol. The van der Waals surface area contributed by atoms with Crippen molar-refractivity contribution in [3.8, 4) is 5.75 Å². The van der Waals surface area contributed by atoms with Crippen molar-refractivity contribution in [1.82, 2.24) is 15.1 Å². The number of methoxy groups -OCH3 is 1. The van der Waals surface area contributed by atoms with Gasteiger partial charge in [0.25, 0.3) is 0 Å². The monoisotopic (exact) mass is 417 g/mol. The summed E-state index contributed by atoms with van der Waals surface area (Å²) in [6, 6.07) is 8.44. The zero-order valence-electron chi connectivity index (χ0n) is 19.3. The fourth-order valence-corrected chi connectivity index (χ4v) is 4.53. The molecule has 0 spiro atoms. The molecule has 168 valence electrons. The minimum atomic E-state index is -0.485. The molecular weight excluding hydrogens is 378 g/mol. The van der Waals surface area contributed by atoms with Crippen LogP contribution in [0.25, 0.3) is 0 Å². The first-order valence-electron chi connectivity index (χ1n) is 11.3. The molecule has 0 aliphatic carbocycles. The van der Waals surface area contributed by atoms with Crippen LogP contribution in [0.3, 0.4) is 0 Å². The van der Waals surface area contributed by atoms with E-state index in [1.54, 1.807) is 7.11 Å². The topological polar surface area (TPSA) is 54.0 Å². The molecule has 6 nitrogen and oxygen atoms in total. The Morgan fingerprint density at radius 1 is 1.13 bits per heavy atom. The van der Waals surface area contributed by atoms with Crippen LogP contribution in [0.2, 0.25) is 0 Å². The van der Waals surface area contributed by atoms with Crippen LogP contribution >= 0.6 is 0 Å². The molecule has 2 aliphatic rings. The number of ether oxygens (including phenoxy) is 2. The van der Waals surface area contributed by atoms with Gasteiger partial charge in [-0.05, 0) is 96.8 Å². The van der Waals surface area contributed by atoms with E-state index in [4.69, 9.17) is 9.47 Å². The van der Waals surface area contributed by atoms with Gasteiger partial charge in [0.1, 0.15) is 11.4 Å². The van der Waals surface area contributed by atoms with Crippen molar-refractivity contribution >= 4 is 6.09 Å². The minimum absolute atomic E-state index is 0.0885. The lowest BCUT2D eigenvalue weighted by Crippen LogP contribution is -2.47. The van der Waals surface area contributed by atoms with Crippen LogP contribution in [0.15, 0.2) is 24.3 Å². The van der Waals surface area contributed by atoms with E-state index in [2.05, 4.69) is 29.4 Å². The van der Waals surface area contributed by atoms with Crippen LogP contribution in [0.1, 0.15) is 58.1 Å². The third kappa shape index (κ3) is 6.11. The van der Waals surface area contributed by atoms with Gasteiger partial charge < -0.3 is 24.6 Å². The summed E-state index contributed by atoms with van der Waals surface area (Å²) < 4.78 is 11.1. The Labute approximate surface area is 181 Å². The van der Waals surface area contributed by atoms with Crippen molar-refractivity contribution in [3.05, 3.63) is 29.8 Å². The molecule has 0 radical (unpaired) electrons. The Bertz CT molecular complexity index is 678. The molecule has 0 bridgehead atoms. The van der Waals surface area contributed by atoms with E-state index in [1.807, 2.05) is 37.8 Å². The number of piperidine rings is 1. The van der Waals surface area contributed by atoms with Crippen LogP contribution in [0.4, 0.5) is 4.79 Å². The van der Waals surface area contributed by atoms with Crippen molar-refractivity contribution in [1.29, 1.82) is 0 Å². The second-order valence-corrected chi connectivity index (χ2v) is 9.79. The largest absolute Gasteiger partial charge is 0.497 e. The zero-order chi connectivity index (χ0) is 21.7. The molecular formula is C24H39N3O3. The third-order valence-electron chi connectivity index (χ3n) is 6.25. The number of benzene rings is 1. The summed E-state index contributed by atoms with van der Waals surface area (Å²) in [7, 11) is 3.88. The van der Waals surface area contributed by atoms with E-state index in [0.29, 0.717) is 5.92 Å². The van der Waals surface area contributed by atoms with Gasteiger partial charge in [0.2, 0.25) is 0 Å². The van der Waals surface area contributed by atoms with E-state index in [0.717, 1.165) is 44.8 Å². The standard InChI is InChI=1S/C24H39N3O3/c1-24(2,3)30-23(28)27-14-6-7-21(27)22(19-8-10-20(29-5)11-9-19)25-17-18-12-15-26(4)16-13-18/h8-11,18,21-22,25H,6-7,12-17H2,1-5H3/t21-,22+/m1/s1. The third-order valence-corrected chi connectivity index (χ3v) is 6.25. The lowest BCUT2D eigenvalue weighted by molar-refractivity contribution is 0.0192. The van der Waals surface area contributed by atoms with Crippen LogP contribution in [-0.4, -0.2) is 67.9 Å². The molecule has 6 heteroatoms. The van der Waals surface area contributed by atoms with E-state index in [9.17, 15) is 4.79 Å². The molecule has 30 heavy (non-hydrogen) atoms. The Balaban J connectivity index is 1.76. The summed E-state index contributed by atoms with van der Waals surface area (Å²) in [5.41, 5.74) is 0.714. The Morgan fingerprint density at radius 2 is 1.80 bits per heavy atom. The summed E-state index contributed by atoms with van der Waals surface area (Å²) in [5, 5.41) is 3.84. The van der Waals surface area contributed by atoms with Crippen LogP contribution in [0.5, 0.6) is 5.75 Å². The predicted octanol–water partition coefficient (Wildman–Crippen LogP) is 4.07. The highest BCUT2D eigenvalue weighted by atomic mass is 16.6. The van der Waals surface area contributed by atoms with Crippen molar-refractivity contribution < 1.29 is 14.3 Å². The number of carbonyl (C=O) groups is 1. The van der Waals surface area contributed by atoms with Gasteiger partial charge in [-0.1, -0.05) is 12.1 Å². The highest BCUT2D eigenvalue weighted by molar-refractivity contribution is 5.69. The first-order valence-corrected chi connectivity index (χ1v) is 11.3. The molecule has 2 atom stereocenters. The molecule has 0 saturated carbocycles. The van der Waals surface area contributed by atoms with Crippen molar-refractivity contribution in [2.45, 2.75) is 64.1 Å². The number of hydrogen-bond acceptors (Lipinski definition) is 5. The molecule has 2 aliphatic heterocycles. The van der Waals surface area contributed by atoms with E-state index in [-0.39, 0.29) is 18.2 Å². The molecule has 1 amide bonds. The Kier molecular flexibility index (Phi) is 7.64. The average Bonchev–Trinajstić information content (AvgIpc) is 3.18. The summed E-state index contributed by atoms with van der Waals surface area (Å²) in [4.78, 5) is 17.2. The van der Waals surface area contributed by atoms with Gasteiger partial charge in [-0.25, -0.2) is 4.79 Å². The molecule has 3 rings (SSSR count). The van der Waals surface area contributed by atoms with Gasteiger partial charge in [-0.2, -0.15) is 0 Å². The smallest absolute Gasteiger partial charge is 0.410 e. The maximum absolute atomic E-state index is 12.9. The van der Waals surface area contributed by atoms with Gasteiger partial charge in [0.05, 0.1) is 19.2 Å². The van der Waals surface area contributed by atoms with Crippen LogP contribution in [-0.2, 0) is 4.74 Å². The molecule has 0 unspecified atom stereocenters. The van der Waals surface area contributed by atoms with Crippen LogP contribution < -0.4 is 10.1 Å². The molecule has 2 heterocycles. The molecule has 2 saturated heterocycles. The van der Waals surface area contributed by atoms with Gasteiger partial charge >= 0.3 is 6.09 Å². The van der Waals surface area contributed by atoms with E-state index >= 15 is 0 Å². The summed E-state index contributed by atoms with van der Waals surface area (Å²) in [6.45, 7) is 9.82. The van der Waals surface area contributed by atoms with Gasteiger partial charge in [-0.3, -0.25) is 0 Å². The normalized spacial score (nSPS) is 22.2. The lowest BCUT2D eigenvalue weighted by atomic mass is 9.93. The highest BCUT2D eigenvalue weighted by Crippen LogP contribution is 2.32. The zero-order valence-corrected chi connectivity index (χ0v) is 19.3. The SMILES string of the molecule is COc1ccc([C@H](NCC2CCN(C)CC2)[C@H]2CCCN2C(=O)OC(C)(C)C)cc1. The van der Waals surface area contributed by atoms with Gasteiger partial charge in [0, 0.05) is 6.54 Å². The van der Waals surface area contributed by atoms with Crippen LogP contribution in [0, 0.1) is 5.92 Å². The number of hydrogen-bond donors (Lipinski definition) is 1. The fourth-order valence-electron chi connectivity index (χ4n) is 4.53. The minimum Gasteiger partial charge on any atom is -0.497 e. The maximum Gasteiger partial charge on any atom is 0.410 e. The number of likely N-dealkylation sites (tertiary alicyclic amines) is 2. The fraction of sp³-hybridized carbons (Fsp3) is 0.708. The first-order chi connectivity index (χ1) is 14.3. The first kappa shape index (κ1) is 22.9. The molecule has 2 fully saturated rings.